The van der Waals surface area contributed by atoms with Crippen LogP contribution in [0, 0.1) is 0 Å². The Kier molecular flexibility index (Phi) is 3.92. The molecule has 1 saturated heterocycles. The summed E-state index contributed by atoms with van der Waals surface area (Å²) < 4.78 is 0.574. The molecule has 1 heterocycles. The highest BCUT2D eigenvalue weighted by Gasteiger charge is 2.39. The fraction of sp³-hybridized carbons (Fsp3) is 0.462. The lowest BCUT2D eigenvalue weighted by atomic mass is 9.93. The van der Waals surface area contributed by atoms with Crippen LogP contribution in [0.15, 0.2) is 22.7 Å². The van der Waals surface area contributed by atoms with Crippen LogP contribution in [0.4, 0.5) is 5.69 Å². The van der Waals surface area contributed by atoms with E-state index >= 15 is 0 Å². The lowest BCUT2D eigenvalue weighted by Crippen LogP contribution is -2.50. The van der Waals surface area contributed by atoms with E-state index in [0.717, 1.165) is 25.8 Å². The summed E-state index contributed by atoms with van der Waals surface area (Å²) in [4.78, 5) is 12.3. The number of anilines is 1. The average Bonchev–Trinajstić information content (AvgIpc) is 2.85. The summed E-state index contributed by atoms with van der Waals surface area (Å²) in [5, 5.41) is 15.9. The number of hydrogen-bond donors (Lipinski definition) is 3. The van der Waals surface area contributed by atoms with Gasteiger partial charge in [-0.15, -0.1) is 0 Å². The van der Waals surface area contributed by atoms with E-state index in [1.54, 1.807) is 18.2 Å². The maximum atomic E-state index is 12.3. The first-order valence-electron chi connectivity index (χ1n) is 6.13. The predicted molar refractivity (Wildman–Crippen MR) is 74.7 cm³/mol. The summed E-state index contributed by atoms with van der Waals surface area (Å²) in [6.45, 7) is 2.87. The summed E-state index contributed by atoms with van der Waals surface area (Å²) in [7, 11) is 0. The molecular formula is C13H17BrN2O2. The van der Waals surface area contributed by atoms with Gasteiger partial charge in [0.25, 0.3) is 0 Å². The molecule has 0 bridgehead atoms. The Balaban J connectivity index is 2.18. The number of rotatable bonds is 3. The summed E-state index contributed by atoms with van der Waals surface area (Å²) in [5.74, 6) is -0.00833. The molecule has 1 atom stereocenters. The first-order valence-corrected chi connectivity index (χ1v) is 6.92. The molecule has 2 rings (SSSR count). The van der Waals surface area contributed by atoms with Crippen LogP contribution < -0.4 is 10.6 Å². The molecule has 1 aliphatic rings. The van der Waals surface area contributed by atoms with Crippen LogP contribution in [0.1, 0.15) is 26.2 Å². The largest absolute Gasteiger partial charge is 0.505 e. The molecule has 1 aromatic carbocycles. The van der Waals surface area contributed by atoms with Crippen LogP contribution in [-0.2, 0) is 4.79 Å². The molecular weight excluding hydrogens is 296 g/mol. The van der Waals surface area contributed by atoms with E-state index in [1.807, 2.05) is 6.92 Å². The van der Waals surface area contributed by atoms with Gasteiger partial charge in [0, 0.05) is 0 Å². The lowest BCUT2D eigenvalue weighted by molar-refractivity contribution is -0.122. The normalized spacial score (nSPS) is 23.0. The molecule has 1 amide bonds. The van der Waals surface area contributed by atoms with Crippen molar-refractivity contribution in [2.24, 2.45) is 0 Å². The van der Waals surface area contributed by atoms with E-state index < -0.39 is 5.54 Å². The summed E-state index contributed by atoms with van der Waals surface area (Å²) in [5.41, 5.74) is -0.0507. The van der Waals surface area contributed by atoms with Gasteiger partial charge < -0.3 is 15.7 Å². The van der Waals surface area contributed by atoms with Crippen LogP contribution >= 0.6 is 15.9 Å². The molecule has 4 nitrogen and oxygen atoms in total. The van der Waals surface area contributed by atoms with Gasteiger partial charge in [0.2, 0.25) is 5.91 Å². The van der Waals surface area contributed by atoms with Crippen molar-refractivity contribution in [3.63, 3.8) is 0 Å². The van der Waals surface area contributed by atoms with E-state index in [0.29, 0.717) is 10.2 Å². The lowest BCUT2D eigenvalue weighted by Gasteiger charge is -2.26. The molecule has 5 heteroatoms. The molecule has 1 aliphatic heterocycles. The summed E-state index contributed by atoms with van der Waals surface area (Å²) in [6, 6.07) is 5.20. The van der Waals surface area contributed by atoms with Crippen LogP contribution in [-0.4, -0.2) is 23.1 Å². The standard InChI is InChI=1S/C13H17BrN2O2/c1-2-13(7-4-8-15-13)12(18)16-10-6-3-5-9(14)11(10)17/h3,5-6,15,17H,2,4,7-8H2,1H3,(H,16,18). The molecule has 0 aromatic heterocycles. The zero-order valence-corrected chi connectivity index (χ0v) is 11.9. The van der Waals surface area contributed by atoms with Crippen molar-refractivity contribution in [2.75, 3.05) is 11.9 Å². The predicted octanol–water partition coefficient (Wildman–Crippen LogP) is 2.63. The maximum absolute atomic E-state index is 12.3. The highest BCUT2D eigenvalue weighted by molar-refractivity contribution is 9.10. The van der Waals surface area contributed by atoms with E-state index in [2.05, 4.69) is 26.6 Å². The van der Waals surface area contributed by atoms with Crippen LogP contribution in [0.25, 0.3) is 0 Å². The van der Waals surface area contributed by atoms with Gasteiger partial charge in [-0.1, -0.05) is 13.0 Å². The molecule has 0 spiro atoms. The van der Waals surface area contributed by atoms with Crippen molar-refractivity contribution < 1.29 is 9.90 Å². The van der Waals surface area contributed by atoms with Gasteiger partial charge in [-0.3, -0.25) is 4.79 Å². The number of carbonyl (C=O) groups excluding carboxylic acids is 1. The molecule has 0 radical (unpaired) electrons. The van der Waals surface area contributed by atoms with Gasteiger partial charge in [0.15, 0.2) is 5.75 Å². The minimum Gasteiger partial charge on any atom is -0.505 e. The quantitative estimate of drug-likeness (QED) is 0.752. The Hall–Kier alpha value is -1.07. The maximum Gasteiger partial charge on any atom is 0.244 e. The smallest absolute Gasteiger partial charge is 0.244 e. The summed E-state index contributed by atoms with van der Waals surface area (Å²) in [6.07, 6.45) is 2.59. The number of amides is 1. The third-order valence-electron chi connectivity index (χ3n) is 3.52. The van der Waals surface area contributed by atoms with Gasteiger partial charge >= 0.3 is 0 Å². The Morgan fingerprint density at radius 3 is 3.00 bits per heavy atom. The molecule has 98 valence electrons. The van der Waals surface area contributed by atoms with Gasteiger partial charge in [-0.2, -0.15) is 0 Å². The van der Waals surface area contributed by atoms with E-state index in [4.69, 9.17) is 0 Å². The van der Waals surface area contributed by atoms with Gasteiger partial charge in [0.1, 0.15) is 0 Å². The molecule has 1 unspecified atom stereocenters. The van der Waals surface area contributed by atoms with Crippen molar-refractivity contribution in [1.82, 2.24) is 5.32 Å². The molecule has 0 aliphatic carbocycles. The third-order valence-corrected chi connectivity index (χ3v) is 4.16. The van der Waals surface area contributed by atoms with Crippen LogP contribution in [0.2, 0.25) is 0 Å². The number of benzene rings is 1. The van der Waals surface area contributed by atoms with Crippen molar-refractivity contribution in [3.8, 4) is 5.75 Å². The zero-order valence-electron chi connectivity index (χ0n) is 10.3. The minimum atomic E-state index is -0.491. The second-order valence-corrected chi connectivity index (χ2v) is 5.41. The van der Waals surface area contributed by atoms with Gasteiger partial charge in [0.05, 0.1) is 15.7 Å². The van der Waals surface area contributed by atoms with E-state index in [9.17, 15) is 9.90 Å². The first kappa shape index (κ1) is 13.4. The highest BCUT2D eigenvalue weighted by atomic mass is 79.9. The number of phenolic OH excluding ortho intramolecular Hbond substituents is 1. The first-order chi connectivity index (χ1) is 8.59. The molecule has 0 saturated carbocycles. The summed E-state index contributed by atoms with van der Waals surface area (Å²) >= 11 is 3.23. The molecule has 18 heavy (non-hydrogen) atoms. The van der Waals surface area contributed by atoms with Gasteiger partial charge in [-0.25, -0.2) is 0 Å². The number of nitrogens with one attached hydrogen (secondary N) is 2. The molecule has 3 N–H and O–H groups in total. The molecule has 1 fully saturated rings. The van der Waals surface area contributed by atoms with Crippen molar-refractivity contribution in [3.05, 3.63) is 22.7 Å². The van der Waals surface area contributed by atoms with Crippen LogP contribution in [0.3, 0.4) is 0 Å². The third kappa shape index (κ3) is 2.37. The zero-order chi connectivity index (χ0) is 13.2. The Morgan fingerprint density at radius 2 is 2.39 bits per heavy atom. The van der Waals surface area contributed by atoms with Crippen molar-refractivity contribution in [1.29, 1.82) is 0 Å². The fourth-order valence-electron chi connectivity index (χ4n) is 2.32. The van der Waals surface area contributed by atoms with Crippen molar-refractivity contribution >= 4 is 27.5 Å². The van der Waals surface area contributed by atoms with Crippen molar-refractivity contribution in [2.45, 2.75) is 31.7 Å². The monoisotopic (exact) mass is 312 g/mol. The number of carbonyl (C=O) groups is 1. The second-order valence-electron chi connectivity index (χ2n) is 4.56. The number of halogens is 1. The Bertz CT molecular complexity index is 456. The number of phenols is 1. The Labute approximate surface area is 115 Å². The fourth-order valence-corrected chi connectivity index (χ4v) is 2.69. The molecule has 1 aromatic rings. The highest BCUT2D eigenvalue weighted by Crippen LogP contribution is 2.33. The van der Waals surface area contributed by atoms with E-state index in [-0.39, 0.29) is 11.7 Å². The number of para-hydroxylation sites is 1. The minimum absolute atomic E-state index is 0.0649. The number of hydrogen-bond acceptors (Lipinski definition) is 3. The van der Waals surface area contributed by atoms with Gasteiger partial charge in [-0.05, 0) is 53.9 Å². The Morgan fingerprint density at radius 1 is 1.61 bits per heavy atom. The van der Waals surface area contributed by atoms with Crippen LogP contribution in [0.5, 0.6) is 5.75 Å². The topological polar surface area (TPSA) is 61.4 Å². The SMILES string of the molecule is CCC1(C(=O)Nc2cccc(Br)c2O)CCCN1. The second kappa shape index (κ2) is 5.28. The average molecular weight is 313 g/mol. The van der Waals surface area contributed by atoms with E-state index in [1.165, 1.54) is 0 Å². The number of aromatic hydroxyl groups is 1.